The lowest BCUT2D eigenvalue weighted by Gasteiger charge is -2.12. The fraction of sp³-hybridized carbons (Fsp3) is 0.308. The molecule has 4 nitrogen and oxygen atoms in total. The highest BCUT2D eigenvalue weighted by atomic mass is 16.5. The maximum absolute atomic E-state index is 5.33. The topological polar surface area (TPSA) is 47.3 Å². The van der Waals surface area contributed by atoms with E-state index < -0.39 is 0 Å². The van der Waals surface area contributed by atoms with Crippen LogP contribution in [0.3, 0.4) is 0 Å². The van der Waals surface area contributed by atoms with Gasteiger partial charge >= 0.3 is 0 Å². The zero-order valence-electron chi connectivity index (χ0n) is 10.0. The summed E-state index contributed by atoms with van der Waals surface area (Å²) in [6, 6.07) is 7.90. The van der Waals surface area contributed by atoms with Crippen molar-refractivity contribution in [3.05, 3.63) is 48.0 Å². The van der Waals surface area contributed by atoms with E-state index >= 15 is 0 Å². The molecule has 0 radical (unpaired) electrons. The second kappa shape index (κ2) is 5.50. The molecular weight excluding hydrogens is 216 g/mol. The molecule has 0 fully saturated rings. The molecule has 0 unspecified atom stereocenters. The van der Waals surface area contributed by atoms with Crippen LogP contribution >= 0.6 is 0 Å². The minimum absolute atomic E-state index is 0.162. The minimum atomic E-state index is 0.162. The van der Waals surface area contributed by atoms with Crippen LogP contribution < -0.4 is 10.1 Å². The number of ether oxygens (including phenoxy) is 1. The van der Waals surface area contributed by atoms with Gasteiger partial charge in [0.1, 0.15) is 5.76 Å². The van der Waals surface area contributed by atoms with Gasteiger partial charge in [0.15, 0.2) is 0 Å². The Morgan fingerprint density at radius 1 is 1.41 bits per heavy atom. The molecule has 1 atom stereocenters. The zero-order valence-corrected chi connectivity index (χ0v) is 10.0. The maximum Gasteiger partial charge on any atom is 0.217 e. The van der Waals surface area contributed by atoms with Crippen molar-refractivity contribution in [2.45, 2.75) is 19.5 Å². The summed E-state index contributed by atoms with van der Waals surface area (Å²) in [5, 5.41) is 3.36. The third-order valence-electron chi connectivity index (χ3n) is 2.61. The number of nitrogens with zero attached hydrogens (tertiary/aromatic N) is 1. The summed E-state index contributed by atoms with van der Waals surface area (Å²) in [5.74, 6) is 1.58. The molecule has 0 aliphatic rings. The monoisotopic (exact) mass is 232 g/mol. The Morgan fingerprint density at radius 2 is 2.29 bits per heavy atom. The largest absolute Gasteiger partial charge is 0.481 e. The first-order valence-corrected chi connectivity index (χ1v) is 5.56. The van der Waals surface area contributed by atoms with Gasteiger partial charge in [-0.1, -0.05) is 6.07 Å². The molecule has 0 spiro atoms. The van der Waals surface area contributed by atoms with E-state index in [-0.39, 0.29) is 6.04 Å². The predicted molar refractivity (Wildman–Crippen MR) is 64.8 cm³/mol. The highest BCUT2D eigenvalue weighted by molar-refractivity contribution is 5.25. The van der Waals surface area contributed by atoms with Crippen LogP contribution in [0, 0.1) is 0 Å². The fourth-order valence-corrected chi connectivity index (χ4v) is 1.64. The molecule has 0 bridgehead atoms. The number of hydrogen-bond acceptors (Lipinski definition) is 4. The van der Waals surface area contributed by atoms with Crippen LogP contribution in [0.4, 0.5) is 0 Å². The van der Waals surface area contributed by atoms with Gasteiger partial charge in [0.25, 0.3) is 0 Å². The van der Waals surface area contributed by atoms with Crippen LogP contribution in [0.15, 0.2) is 41.1 Å². The van der Waals surface area contributed by atoms with Crippen molar-refractivity contribution in [1.29, 1.82) is 0 Å². The first-order chi connectivity index (χ1) is 8.31. The SMILES string of the molecule is COc1ncccc1CN[C@@H](C)c1ccco1. The van der Waals surface area contributed by atoms with Gasteiger partial charge < -0.3 is 14.5 Å². The Labute approximate surface area is 101 Å². The van der Waals surface area contributed by atoms with E-state index in [1.54, 1.807) is 19.6 Å². The average Bonchev–Trinajstić information content (AvgIpc) is 2.90. The van der Waals surface area contributed by atoms with Gasteiger partial charge in [-0.3, -0.25) is 0 Å². The number of furan rings is 1. The molecule has 2 rings (SSSR count). The zero-order chi connectivity index (χ0) is 12.1. The van der Waals surface area contributed by atoms with E-state index in [9.17, 15) is 0 Å². The van der Waals surface area contributed by atoms with Gasteiger partial charge in [0.05, 0.1) is 19.4 Å². The van der Waals surface area contributed by atoms with Crippen LogP contribution in [-0.4, -0.2) is 12.1 Å². The van der Waals surface area contributed by atoms with Crippen molar-refractivity contribution in [3.63, 3.8) is 0 Å². The Hall–Kier alpha value is -1.81. The molecule has 0 aromatic carbocycles. The number of rotatable bonds is 5. The van der Waals surface area contributed by atoms with Crippen LogP contribution in [0.25, 0.3) is 0 Å². The lowest BCUT2D eigenvalue weighted by molar-refractivity contribution is 0.385. The number of hydrogen-bond donors (Lipinski definition) is 1. The first kappa shape index (κ1) is 11.7. The Bertz CT molecular complexity index is 454. The molecular formula is C13H16N2O2. The van der Waals surface area contributed by atoms with E-state index in [1.807, 2.05) is 24.3 Å². The molecule has 2 aromatic rings. The molecule has 2 aromatic heterocycles. The van der Waals surface area contributed by atoms with Gasteiger partial charge in [-0.15, -0.1) is 0 Å². The predicted octanol–water partition coefficient (Wildman–Crippen LogP) is 2.53. The molecule has 4 heteroatoms. The van der Waals surface area contributed by atoms with Crippen molar-refractivity contribution in [1.82, 2.24) is 10.3 Å². The summed E-state index contributed by atoms with van der Waals surface area (Å²) >= 11 is 0. The molecule has 0 aliphatic carbocycles. The van der Waals surface area contributed by atoms with Gasteiger partial charge in [-0.25, -0.2) is 4.98 Å². The normalized spacial score (nSPS) is 12.4. The van der Waals surface area contributed by atoms with Crippen LogP contribution in [0.5, 0.6) is 5.88 Å². The smallest absolute Gasteiger partial charge is 0.217 e. The summed E-state index contributed by atoms with van der Waals surface area (Å²) in [6.07, 6.45) is 3.40. The summed E-state index contributed by atoms with van der Waals surface area (Å²) in [7, 11) is 1.63. The van der Waals surface area contributed by atoms with E-state index in [2.05, 4.69) is 17.2 Å². The van der Waals surface area contributed by atoms with E-state index in [4.69, 9.17) is 9.15 Å². The maximum atomic E-state index is 5.33. The van der Waals surface area contributed by atoms with Crippen LogP contribution in [0.2, 0.25) is 0 Å². The third-order valence-corrected chi connectivity index (χ3v) is 2.61. The van der Waals surface area contributed by atoms with E-state index in [0.29, 0.717) is 12.4 Å². The summed E-state index contributed by atoms with van der Waals surface area (Å²) in [5.41, 5.74) is 1.04. The Morgan fingerprint density at radius 3 is 3.00 bits per heavy atom. The van der Waals surface area contributed by atoms with Crippen molar-refractivity contribution in [2.75, 3.05) is 7.11 Å². The number of methoxy groups -OCH3 is 1. The van der Waals surface area contributed by atoms with Gasteiger partial charge in [0.2, 0.25) is 5.88 Å². The second-order valence-electron chi connectivity index (χ2n) is 3.79. The number of pyridine rings is 1. The summed E-state index contributed by atoms with van der Waals surface area (Å²) in [4.78, 5) is 4.15. The highest BCUT2D eigenvalue weighted by Crippen LogP contribution is 2.16. The molecule has 90 valence electrons. The van der Waals surface area contributed by atoms with Crippen molar-refractivity contribution >= 4 is 0 Å². The van der Waals surface area contributed by atoms with E-state index in [0.717, 1.165) is 11.3 Å². The van der Waals surface area contributed by atoms with Crippen LogP contribution in [0.1, 0.15) is 24.3 Å². The van der Waals surface area contributed by atoms with Crippen molar-refractivity contribution in [2.24, 2.45) is 0 Å². The lowest BCUT2D eigenvalue weighted by Crippen LogP contribution is -2.18. The second-order valence-corrected chi connectivity index (χ2v) is 3.79. The standard InChI is InChI=1S/C13H16N2O2/c1-10(12-6-4-8-17-12)15-9-11-5-3-7-14-13(11)16-2/h3-8,10,15H,9H2,1-2H3/t10-/m0/s1. The first-order valence-electron chi connectivity index (χ1n) is 5.56. The van der Waals surface area contributed by atoms with Gasteiger partial charge in [-0.2, -0.15) is 0 Å². The van der Waals surface area contributed by atoms with Gasteiger partial charge in [0, 0.05) is 18.3 Å². The van der Waals surface area contributed by atoms with Crippen molar-refractivity contribution in [3.8, 4) is 5.88 Å². The lowest BCUT2D eigenvalue weighted by atomic mass is 10.2. The summed E-state index contributed by atoms with van der Waals surface area (Å²) in [6.45, 7) is 2.75. The Balaban J connectivity index is 1.98. The number of nitrogens with one attached hydrogen (secondary N) is 1. The fourth-order valence-electron chi connectivity index (χ4n) is 1.64. The molecule has 0 saturated heterocycles. The minimum Gasteiger partial charge on any atom is -0.481 e. The van der Waals surface area contributed by atoms with Gasteiger partial charge in [-0.05, 0) is 25.1 Å². The highest BCUT2D eigenvalue weighted by Gasteiger charge is 2.09. The third kappa shape index (κ3) is 2.85. The summed E-state index contributed by atoms with van der Waals surface area (Å²) < 4.78 is 10.5. The number of aromatic nitrogens is 1. The molecule has 17 heavy (non-hydrogen) atoms. The molecule has 2 heterocycles. The van der Waals surface area contributed by atoms with E-state index in [1.165, 1.54) is 0 Å². The molecule has 0 aliphatic heterocycles. The van der Waals surface area contributed by atoms with Crippen molar-refractivity contribution < 1.29 is 9.15 Å². The molecule has 0 amide bonds. The van der Waals surface area contributed by atoms with Crippen LogP contribution in [-0.2, 0) is 6.54 Å². The quantitative estimate of drug-likeness (QED) is 0.860. The Kier molecular flexibility index (Phi) is 3.77. The molecule has 1 N–H and O–H groups in total. The molecule has 0 saturated carbocycles. The average molecular weight is 232 g/mol.